The average Bonchev–Trinajstić information content (AvgIpc) is 2.92. The molecule has 2 aromatic rings. The Morgan fingerprint density at radius 3 is 2.40 bits per heavy atom. The summed E-state index contributed by atoms with van der Waals surface area (Å²) in [5.41, 5.74) is 0.789. The van der Waals surface area contributed by atoms with Crippen LogP contribution in [0.3, 0.4) is 0 Å². The molecule has 0 atom stereocenters. The molecule has 0 amide bonds. The Morgan fingerprint density at radius 1 is 1.20 bits per heavy atom. The van der Waals surface area contributed by atoms with Gasteiger partial charge in [0.1, 0.15) is 5.82 Å². The van der Waals surface area contributed by atoms with E-state index in [1.807, 2.05) is 30.7 Å². The quantitative estimate of drug-likeness (QED) is 0.922. The molecule has 1 N–H and O–H groups in total. The van der Waals surface area contributed by atoms with Gasteiger partial charge in [-0.15, -0.1) is 0 Å². The van der Waals surface area contributed by atoms with Crippen LogP contribution in [0.1, 0.15) is 19.4 Å². The summed E-state index contributed by atoms with van der Waals surface area (Å²) in [6.07, 6.45) is 0. The molecule has 0 unspecified atom stereocenters. The third-order valence-electron chi connectivity index (χ3n) is 3.13. The summed E-state index contributed by atoms with van der Waals surface area (Å²) >= 11 is 1.58. The lowest BCUT2D eigenvalue weighted by molar-refractivity contribution is 0.503. The molecule has 0 aliphatic heterocycles. The molecule has 0 spiro atoms. The molecule has 0 saturated heterocycles. The fraction of sp³-hybridized carbons (Fsp3) is 0.286. The molecular formula is C14H16FNO2S2. The van der Waals surface area contributed by atoms with Gasteiger partial charge in [-0.3, -0.25) is 0 Å². The standard InChI is InChI=1S/C14H16FNO2S2/c1-14(2,11-7-8-19-9-11)10-16-20(17,18)13-5-3-12(15)4-6-13/h3-9,16H,10H2,1-2H3. The van der Waals surface area contributed by atoms with Gasteiger partial charge in [0.05, 0.1) is 4.90 Å². The van der Waals surface area contributed by atoms with Crippen molar-refractivity contribution in [1.82, 2.24) is 4.72 Å². The second-order valence-electron chi connectivity index (χ2n) is 5.17. The van der Waals surface area contributed by atoms with Gasteiger partial charge in [-0.25, -0.2) is 17.5 Å². The first kappa shape index (κ1) is 15.2. The van der Waals surface area contributed by atoms with E-state index in [9.17, 15) is 12.8 Å². The second kappa shape index (κ2) is 5.63. The number of nitrogens with one attached hydrogen (secondary N) is 1. The van der Waals surface area contributed by atoms with E-state index in [1.165, 1.54) is 12.1 Å². The highest BCUT2D eigenvalue weighted by Gasteiger charge is 2.24. The number of thiophene rings is 1. The van der Waals surface area contributed by atoms with Crippen LogP contribution in [0.25, 0.3) is 0 Å². The maximum Gasteiger partial charge on any atom is 0.240 e. The van der Waals surface area contributed by atoms with Crippen molar-refractivity contribution in [3.05, 3.63) is 52.5 Å². The number of hydrogen-bond acceptors (Lipinski definition) is 3. The van der Waals surface area contributed by atoms with Crippen LogP contribution in [0, 0.1) is 5.82 Å². The van der Waals surface area contributed by atoms with E-state index < -0.39 is 15.8 Å². The zero-order valence-electron chi connectivity index (χ0n) is 11.3. The Balaban J connectivity index is 2.12. The molecule has 1 heterocycles. The van der Waals surface area contributed by atoms with E-state index in [0.29, 0.717) is 0 Å². The summed E-state index contributed by atoms with van der Waals surface area (Å²) in [5, 5.41) is 3.97. The summed E-state index contributed by atoms with van der Waals surface area (Å²) < 4.78 is 39.7. The van der Waals surface area contributed by atoms with Gasteiger partial charge in [0, 0.05) is 12.0 Å². The van der Waals surface area contributed by atoms with Crippen LogP contribution in [-0.4, -0.2) is 15.0 Å². The SMILES string of the molecule is CC(C)(CNS(=O)(=O)c1ccc(F)cc1)c1ccsc1. The minimum absolute atomic E-state index is 0.0695. The van der Waals surface area contributed by atoms with Gasteiger partial charge in [-0.05, 0) is 46.7 Å². The topological polar surface area (TPSA) is 46.2 Å². The van der Waals surface area contributed by atoms with Gasteiger partial charge in [-0.2, -0.15) is 11.3 Å². The molecule has 0 radical (unpaired) electrons. The molecule has 0 fully saturated rings. The third-order valence-corrected chi connectivity index (χ3v) is 5.23. The highest BCUT2D eigenvalue weighted by atomic mass is 32.2. The summed E-state index contributed by atoms with van der Waals surface area (Å²) in [4.78, 5) is 0.0695. The first-order valence-corrected chi connectivity index (χ1v) is 8.52. The molecule has 1 aromatic heterocycles. The molecule has 2 rings (SSSR count). The van der Waals surface area contributed by atoms with Crippen molar-refractivity contribution in [3.8, 4) is 0 Å². The molecule has 0 saturated carbocycles. The lowest BCUT2D eigenvalue weighted by Crippen LogP contribution is -2.36. The average molecular weight is 313 g/mol. The van der Waals surface area contributed by atoms with Crippen LogP contribution in [0.5, 0.6) is 0 Å². The van der Waals surface area contributed by atoms with Gasteiger partial charge >= 0.3 is 0 Å². The van der Waals surface area contributed by atoms with Crippen LogP contribution in [0.2, 0.25) is 0 Å². The minimum atomic E-state index is -3.61. The summed E-state index contributed by atoms with van der Waals surface area (Å²) in [6, 6.07) is 6.78. The smallest absolute Gasteiger partial charge is 0.210 e. The van der Waals surface area contributed by atoms with Crippen LogP contribution in [0.4, 0.5) is 4.39 Å². The van der Waals surface area contributed by atoms with E-state index in [1.54, 1.807) is 11.3 Å². The first-order chi connectivity index (χ1) is 9.31. The predicted molar refractivity (Wildman–Crippen MR) is 78.9 cm³/mol. The zero-order valence-corrected chi connectivity index (χ0v) is 12.9. The Bertz CT molecular complexity index is 662. The van der Waals surface area contributed by atoms with Crippen molar-refractivity contribution >= 4 is 21.4 Å². The van der Waals surface area contributed by atoms with Crippen molar-refractivity contribution < 1.29 is 12.8 Å². The van der Waals surface area contributed by atoms with Gasteiger partial charge in [-0.1, -0.05) is 13.8 Å². The summed E-state index contributed by atoms with van der Waals surface area (Å²) in [7, 11) is -3.61. The van der Waals surface area contributed by atoms with E-state index in [0.717, 1.165) is 17.7 Å². The Morgan fingerprint density at radius 2 is 1.85 bits per heavy atom. The number of halogens is 1. The third kappa shape index (κ3) is 3.45. The van der Waals surface area contributed by atoms with Gasteiger partial charge in [0.25, 0.3) is 0 Å². The highest BCUT2D eigenvalue weighted by molar-refractivity contribution is 7.89. The first-order valence-electron chi connectivity index (χ1n) is 6.09. The predicted octanol–water partition coefficient (Wildman–Crippen LogP) is 3.14. The van der Waals surface area contributed by atoms with Gasteiger partial charge in [0.2, 0.25) is 10.0 Å². The van der Waals surface area contributed by atoms with E-state index >= 15 is 0 Å². The molecule has 0 bridgehead atoms. The molecule has 20 heavy (non-hydrogen) atoms. The van der Waals surface area contributed by atoms with Crippen LogP contribution in [0.15, 0.2) is 46.0 Å². The Hall–Kier alpha value is -1.24. The second-order valence-corrected chi connectivity index (χ2v) is 7.72. The van der Waals surface area contributed by atoms with Crippen molar-refractivity contribution in [3.63, 3.8) is 0 Å². The Labute approximate surface area is 122 Å². The number of rotatable bonds is 5. The zero-order chi connectivity index (χ0) is 14.8. The van der Waals surface area contributed by atoms with E-state index in [2.05, 4.69) is 4.72 Å². The van der Waals surface area contributed by atoms with Gasteiger partial charge in [0.15, 0.2) is 0 Å². The molecule has 108 valence electrons. The molecule has 1 aromatic carbocycles. The van der Waals surface area contributed by atoms with Crippen molar-refractivity contribution in [2.45, 2.75) is 24.2 Å². The minimum Gasteiger partial charge on any atom is -0.210 e. The maximum atomic E-state index is 12.8. The monoisotopic (exact) mass is 313 g/mol. The van der Waals surface area contributed by atoms with Gasteiger partial charge < -0.3 is 0 Å². The normalized spacial score (nSPS) is 12.6. The number of hydrogen-bond donors (Lipinski definition) is 1. The Kier molecular flexibility index (Phi) is 4.27. The van der Waals surface area contributed by atoms with E-state index in [4.69, 9.17) is 0 Å². The molecule has 6 heteroatoms. The lowest BCUT2D eigenvalue weighted by atomic mass is 9.87. The lowest BCUT2D eigenvalue weighted by Gasteiger charge is -2.24. The fourth-order valence-electron chi connectivity index (χ4n) is 1.72. The van der Waals surface area contributed by atoms with Crippen molar-refractivity contribution in [2.75, 3.05) is 6.54 Å². The van der Waals surface area contributed by atoms with Crippen LogP contribution >= 0.6 is 11.3 Å². The molecule has 0 aliphatic rings. The fourth-order valence-corrected chi connectivity index (χ4v) is 3.78. The number of benzene rings is 1. The van der Waals surface area contributed by atoms with Crippen LogP contribution < -0.4 is 4.72 Å². The summed E-state index contributed by atoms with van der Waals surface area (Å²) in [6.45, 7) is 4.23. The van der Waals surface area contributed by atoms with E-state index in [-0.39, 0.29) is 16.9 Å². The summed E-state index contributed by atoms with van der Waals surface area (Å²) in [5.74, 6) is -0.456. The van der Waals surface area contributed by atoms with Crippen molar-refractivity contribution in [1.29, 1.82) is 0 Å². The number of sulfonamides is 1. The highest BCUT2D eigenvalue weighted by Crippen LogP contribution is 2.25. The molecule has 0 aliphatic carbocycles. The molecular weight excluding hydrogens is 297 g/mol. The largest absolute Gasteiger partial charge is 0.240 e. The van der Waals surface area contributed by atoms with Crippen molar-refractivity contribution in [2.24, 2.45) is 0 Å². The maximum absolute atomic E-state index is 12.8. The van der Waals surface area contributed by atoms with Crippen LogP contribution in [-0.2, 0) is 15.4 Å². The molecule has 3 nitrogen and oxygen atoms in total.